The molecular formula is C12H22N2O2. The van der Waals surface area contributed by atoms with Crippen LogP contribution in [0.2, 0.25) is 0 Å². The summed E-state index contributed by atoms with van der Waals surface area (Å²) >= 11 is 0. The molecule has 2 heterocycles. The predicted molar refractivity (Wildman–Crippen MR) is 62.2 cm³/mol. The molecule has 2 aliphatic rings. The van der Waals surface area contributed by atoms with Gasteiger partial charge in [0.15, 0.2) is 0 Å². The summed E-state index contributed by atoms with van der Waals surface area (Å²) in [5.74, 6) is 0.171. The summed E-state index contributed by atoms with van der Waals surface area (Å²) in [5.41, 5.74) is 0. The number of hydrogen-bond acceptors (Lipinski definition) is 3. The first-order chi connectivity index (χ1) is 7.84. The van der Waals surface area contributed by atoms with E-state index < -0.39 is 0 Å². The van der Waals surface area contributed by atoms with Crippen molar-refractivity contribution in [3.8, 4) is 0 Å². The van der Waals surface area contributed by atoms with Crippen molar-refractivity contribution in [1.82, 2.24) is 10.6 Å². The van der Waals surface area contributed by atoms with Gasteiger partial charge in [0.25, 0.3) is 0 Å². The molecule has 92 valence electrons. The molecule has 2 atom stereocenters. The minimum atomic E-state index is 0.171. The summed E-state index contributed by atoms with van der Waals surface area (Å²) in [6.07, 6.45) is 6.51. The van der Waals surface area contributed by atoms with Gasteiger partial charge in [-0.25, -0.2) is 0 Å². The van der Waals surface area contributed by atoms with E-state index in [2.05, 4.69) is 10.6 Å². The average molecular weight is 226 g/mol. The van der Waals surface area contributed by atoms with Crippen molar-refractivity contribution in [1.29, 1.82) is 0 Å². The van der Waals surface area contributed by atoms with Crippen LogP contribution in [-0.2, 0) is 9.53 Å². The monoisotopic (exact) mass is 226 g/mol. The summed E-state index contributed by atoms with van der Waals surface area (Å²) in [7, 11) is 0. The van der Waals surface area contributed by atoms with Crippen LogP contribution in [0, 0.1) is 0 Å². The third-order valence-electron chi connectivity index (χ3n) is 3.43. The maximum absolute atomic E-state index is 11.6. The molecule has 0 aromatic rings. The number of rotatable bonds is 5. The SMILES string of the molecule is O=C(CCC1CCCO1)NCC1CCCN1. The van der Waals surface area contributed by atoms with E-state index in [4.69, 9.17) is 4.74 Å². The lowest BCUT2D eigenvalue weighted by Crippen LogP contribution is -2.37. The Labute approximate surface area is 97.1 Å². The van der Waals surface area contributed by atoms with Crippen LogP contribution in [0.25, 0.3) is 0 Å². The highest BCUT2D eigenvalue weighted by Gasteiger charge is 2.18. The molecule has 0 aliphatic carbocycles. The fourth-order valence-corrected chi connectivity index (χ4v) is 2.42. The van der Waals surface area contributed by atoms with Crippen molar-refractivity contribution in [3.05, 3.63) is 0 Å². The topological polar surface area (TPSA) is 50.4 Å². The zero-order valence-corrected chi connectivity index (χ0v) is 9.84. The first kappa shape index (κ1) is 11.9. The Balaban J connectivity index is 1.53. The van der Waals surface area contributed by atoms with Crippen molar-refractivity contribution in [2.45, 2.75) is 50.7 Å². The Hall–Kier alpha value is -0.610. The van der Waals surface area contributed by atoms with Gasteiger partial charge in [-0.1, -0.05) is 0 Å². The van der Waals surface area contributed by atoms with Gasteiger partial charge < -0.3 is 15.4 Å². The second-order valence-electron chi connectivity index (χ2n) is 4.77. The Morgan fingerprint density at radius 3 is 3.00 bits per heavy atom. The van der Waals surface area contributed by atoms with Gasteiger partial charge >= 0.3 is 0 Å². The van der Waals surface area contributed by atoms with Crippen molar-refractivity contribution in [2.75, 3.05) is 19.7 Å². The third-order valence-corrected chi connectivity index (χ3v) is 3.43. The Bertz CT molecular complexity index is 199. The highest BCUT2D eigenvalue weighted by Crippen LogP contribution is 2.16. The summed E-state index contributed by atoms with van der Waals surface area (Å²) in [6, 6.07) is 0.492. The number of nitrogens with one attached hydrogen (secondary N) is 2. The Kier molecular flexibility index (Phi) is 4.60. The number of ether oxygens (including phenoxy) is 1. The Morgan fingerprint density at radius 2 is 2.31 bits per heavy atom. The standard InChI is InChI=1S/C12H22N2O2/c15-12(6-5-11-4-2-8-16-11)14-9-10-3-1-7-13-10/h10-11,13H,1-9H2,(H,14,15). The van der Waals surface area contributed by atoms with Crippen LogP contribution in [-0.4, -0.2) is 37.7 Å². The third kappa shape index (κ3) is 3.76. The van der Waals surface area contributed by atoms with Gasteiger partial charge in [-0.3, -0.25) is 4.79 Å². The van der Waals surface area contributed by atoms with E-state index in [1.54, 1.807) is 0 Å². The zero-order chi connectivity index (χ0) is 11.2. The second-order valence-corrected chi connectivity index (χ2v) is 4.77. The molecule has 2 aliphatic heterocycles. The molecule has 0 aromatic carbocycles. The van der Waals surface area contributed by atoms with Gasteiger partial charge in [-0.15, -0.1) is 0 Å². The Morgan fingerprint density at radius 1 is 1.38 bits per heavy atom. The van der Waals surface area contributed by atoms with Crippen LogP contribution >= 0.6 is 0 Å². The minimum Gasteiger partial charge on any atom is -0.378 e. The molecule has 0 radical (unpaired) electrons. The molecule has 2 N–H and O–H groups in total. The van der Waals surface area contributed by atoms with E-state index >= 15 is 0 Å². The van der Waals surface area contributed by atoms with E-state index in [9.17, 15) is 4.79 Å². The predicted octanol–water partition coefficient (Wildman–Crippen LogP) is 0.814. The molecule has 0 aromatic heterocycles. The maximum atomic E-state index is 11.6. The van der Waals surface area contributed by atoms with Crippen molar-refractivity contribution in [3.63, 3.8) is 0 Å². The molecule has 4 nitrogen and oxygen atoms in total. The van der Waals surface area contributed by atoms with Crippen molar-refractivity contribution < 1.29 is 9.53 Å². The maximum Gasteiger partial charge on any atom is 0.220 e. The summed E-state index contributed by atoms with van der Waals surface area (Å²) in [6.45, 7) is 2.75. The van der Waals surface area contributed by atoms with Crippen LogP contribution in [0.5, 0.6) is 0 Å². The molecule has 0 spiro atoms. The fourth-order valence-electron chi connectivity index (χ4n) is 2.42. The largest absolute Gasteiger partial charge is 0.378 e. The van der Waals surface area contributed by atoms with E-state index in [-0.39, 0.29) is 5.91 Å². The first-order valence-electron chi connectivity index (χ1n) is 6.46. The van der Waals surface area contributed by atoms with Gasteiger partial charge in [0, 0.05) is 25.6 Å². The van der Waals surface area contributed by atoms with Crippen LogP contribution in [0.15, 0.2) is 0 Å². The normalized spacial score (nSPS) is 29.5. The molecule has 2 unspecified atom stereocenters. The molecule has 2 saturated heterocycles. The number of carbonyl (C=O) groups is 1. The highest BCUT2D eigenvalue weighted by atomic mass is 16.5. The fraction of sp³-hybridized carbons (Fsp3) is 0.917. The van der Waals surface area contributed by atoms with Gasteiger partial charge in [0.1, 0.15) is 0 Å². The van der Waals surface area contributed by atoms with Gasteiger partial charge in [-0.05, 0) is 38.6 Å². The van der Waals surface area contributed by atoms with E-state index in [0.29, 0.717) is 18.6 Å². The van der Waals surface area contributed by atoms with Crippen LogP contribution < -0.4 is 10.6 Å². The lowest BCUT2D eigenvalue weighted by molar-refractivity contribution is -0.121. The van der Waals surface area contributed by atoms with Gasteiger partial charge in [0.05, 0.1) is 6.10 Å². The van der Waals surface area contributed by atoms with Crippen molar-refractivity contribution >= 4 is 5.91 Å². The number of amides is 1. The molecule has 1 amide bonds. The molecule has 0 bridgehead atoms. The van der Waals surface area contributed by atoms with Crippen molar-refractivity contribution in [2.24, 2.45) is 0 Å². The first-order valence-corrected chi connectivity index (χ1v) is 6.46. The molecule has 2 rings (SSSR count). The highest BCUT2D eigenvalue weighted by molar-refractivity contribution is 5.75. The zero-order valence-electron chi connectivity index (χ0n) is 9.84. The van der Waals surface area contributed by atoms with E-state index in [0.717, 1.165) is 39.0 Å². The van der Waals surface area contributed by atoms with E-state index in [1.807, 2.05) is 0 Å². The second kappa shape index (κ2) is 6.21. The molecule has 4 heteroatoms. The number of hydrogen-bond donors (Lipinski definition) is 2. The smallest absolute Gasteiger partial charge is 0.220 e. The summed E-state index contributed by atoms with van der Waals surface area (Å²) in [5, 5.41) is 6.36. The lowest BCUT2D eigenvalue weighted by atomic mass is 10.1. The molecule has 2 fully saturated rings. The van der Waals surface area contributed by atoms with Gasteiger partial charge in [0.2, 0.25) is 5.91 Å². The molecular weight excluding hydrogens is 204 g/mol. The quantitative estimate of drug-likeness (QED) is 0.729. The lowest BCUT2D eigenvalue weighted by Gasteiger charge is -2.12. The molecule has 16 heavy (non-hydrogen) atoms. The number of carbonyl (C=O) groups excluding carboxylic acids is 1. The van der Waals surface area contributed by atoms with E-state index in [1.165, 1.54) is 12.8 Å². The van der Waals surface area contributed by atoms with Crippen LogP contribution in [0.1, 0.15) is 38.5 Å². The molecule has 0 saturated carbocycles. The average Bonchev–Trinajstić information content (AvgIpc) is 2.96. The van der Waals surface area contributed by atoms with Crippen LogP contribution in [0.4, 0.5) is 0 Å². The summed E-state index contributed by atoms with van der Waals surface area (Å²) in [4.78, 5) is 11.6. The van der Waals surface area contributed by atoms with Crippen LogP contribution in [0.3, 0.4) is 0 Å². The van der Waals surface area contributed by atoms with Gasteiger partial charge in [-0.2, -0.15) is 0 Å². The minimum absolute atomic E-state index is 0.171. The summed E-state index contributed by atoms with van der Waals surface area (Å²) < 4.78 is 5.49.